The number of anilines is 1. The van der Waals surface area contributed by atoms with Gasteiger partial charge in [-0.15, -0.1) is 0 Å². The summed E-state index contributed by atoms with van der Waals surface area (Å²) in [6, 6.07) is 21.2. The second-order valence-corrected chi connectivity index (χ2v) is 9.32. The van der Waals surface area contributed by atoms with E-state index >= 15 is 0 Å². The molecule has 0 radical (unpaired) electrons. The zero-order valence-electron chi connectivity index (χ0n) is 22.9. The van der Waals surface area contributed by atoms with Crippen LogP contribution in [0, 0.1) is 24.0 Å². The average molecular weight is 542 g/mol. The average Bonchev–Trinajstić information content (AvgIpc) is 3.28. The third-order valence-corrected chi connectivity index (χ3v) is 6.47. The van der Waals surface area contributed by atoms with Crippen molar-refractivity contribution in [2.75, 3.05) is 25.5 Å². The van der Waals surface area contributed by atoms with E-state index in [0.717, 1.165) is 16.8 Å². The quantitative estimate of drug-likeness (QED) is 0.207. The second kappa shape index (κ2) is 12.2. The zero-order chi connectivity index (χ0) is 28.8. The number of aryl methyl sites for hydroxylation is 2. The molecule has 4 rings (SSSR count). The van der Waals surface area contributed by atoms with Crippen LogP contribution in [0.3, 0.4) is 0 Å². The van der Waals surface area contributed by atoms with Gasteiger partial charge in [-0.05, 0) is 56.2 Å². The Morgan fingerprint density at radius 3 is 2.38 bits per heavy atom. The molecule has 10 nitrogen and oxygen atoms in total. The first kappa shape index (κ1) is 28.0. The summed E-state index contributed by atoms with van der Waals surface area (Å²) in [7, 11) is 1.59. The normalized spacial score (nSPS) is 10.7. The van der Waals surface area contributed by atoms with Gasteiger partial charge < -0.3 is 15.0 Å². The fourth-order valence-corrected chi connectivity index (χ4v) is 4.49. The van der Waals surface area contributed by atoms with Crippen LogP contribution in [0.4, 0.5) is 11.5 Å². The van der Waals surface area contributed by atoms with E-state index in [1.807, 2.05) is 68.4 Å². The molecule has 3 aromatic carbocycles. The highest BCUT2D eigenvalue weighted by Gasteiger charge is 2.24. The maximum atomic E-state index is 13.5. The molecule has 0 saturated heterocycles. The Bertz CT molecular complexity index is 1530. The summed E-state index contributed by atoms with van der Waals surface area (Å²) in [5.74, 6) is 0.277. The molecule has 0 aliphatic heterocycles. The molecule has 1 aromatic heterocycles. The molecule has 0 spiro atoms. The van der Waals surface area contributed by atoms with E-state index in [0.29, 0.717) is 35.8 Å². The Balaban J connectivity index is 1.67. The van der Waals surface area contributed by atoms with Crippen molar-refractivity contribution in [2.45, 2.75) is 27.2 Å². The van der Waals surface area contributed by atoms with Crippen LogP contribution in [0.2, 0.25) is 0 Å². The van der Waals surface area contributed by atoms with Crippen molar-refractivity contribution in [3.8, 4) is 22.6 Å². The van der Waals surface area contributed by atoms with Crippen molar-refractivity contribution in [3.63, 3.8) is 0 Å². The number of ether oxygens (including phenoxy) is 1. The number of carbonyl (C=O) groups is 2. The van der Waals surface area contributed by atoms with E-state index in [1.54, 1.807) is 24.8 Å². The minimum absolute atomic E-state index is 0.141. The second-order valence-electron chi connectivity index (χ2n) is 9.32. The van der Waals surface area contributed by atoms with Gasteiger partial charge in [-0.2, -0.15) is 5.10 Å². The summed E-state index contributed by atoms with van der Waals surface area (Å²) >= 11 is 0. The van der Waals surface area contributed by atoms with E-state index in [4.69, 9.17) is 9.84 Å². The molecular weight excluding hydrogens is 510 g/mol. The van der Waals surface area contributed by atoms with Crippen LogP contribution >= 0.6 is 0 Å². The molecule has 0 fully saturated rings. The molecular formula is C30H31N5O5. The fraction of sp³-hybridized carbons (Fsp3) is 0.233. The number of hydrogen-bond acceptors (Lipinski definition) is 6. The number of amides is 2. The number of benzene rings is 3. The van der Waals surface area contributed by atoms with Crippen LogP contribution < -0.4 is 10.1 Å². The smallest absolute Gasteiger partial charge is 0.273 e. The van der Waals surface area contributed by atoms with Crippen LogP contribution in [0.25, 0.3) is 16.8 Å². The molecule has 4 aromatic rings. The minimum Gasteiger partial charge on any atom is -0.497 e. The summed E-state index contributed by atoms with van der Waals surface area (Å²) < 4.78 is 6.93. The molecule has 40 heavy (non-hydrogen) atoms. The van der Waals surface area contributed by atoms with E-state index in [9.17, 15) is 19.7 Å². The molecule has 2 amide bonds. The van der Waals surface area contributed by atoms with E-state index in [2.05, 4.69) is 5.32 Å². The number of nitrogens with one attached hydrogen (secondary N) is 1. The van der Waals surface area contributed by atoms with Crippen molar-refractivity contribution in [1.29, 1.82) is 0 Å². The Morgan fingerprint density at radius 1 is 1.05 bits per heavy atom. The first-order valence-corrected chi connectivity index (χ1v) is 12.9. The molecule has 0 bridgehead atoms. The SMILES string of the molecule is CCCN(CC(=O)Nc1c(-c2ccccc2)c(C)nn1-c1ccc(OC)cc1)C(=O)c1ccc(C)c([N+](=O)[O-])c1. The van der Waals surface area contributed by atoms with Gasteiger partial charge in [-0.1, -0.05) is 43.3 Å². The highest BCUT2D eigenvalue weighted by molar-refractivity contribution is 6.01. The standard InChI is InChI=1S/C30H31N5O5/c1-5-17-33(30(37)23-12-11-20(2)26(18-23)35(38)39)19-27(36)31-29-28(22-9-7-6-8-10-22)21(3)32-34(29)24-13-15-25(40-4)16-14-24/h6-16,18H,5,17,19H2,1-4H3,(H,31,36). The fourth-order valence-electron chi connectivity index (χ4n) is 4.49. The monoisotopic (exact) mass is 541 g/mol. The summed E-state index contributed by atoms with van der Waals surface area (Å²) in [6.45, 7) is 5.44. The van der Waals surface area contributed by atoms with Crippen LogP contribution in [0.1, 0.15) is 35.0 Å². The summed E-state index contributed by atoms with van der Waals surface area (Å²) in [4.78, 5) is 39.1. The first-order chi connectivity index (χ1) is 19.2. The highest BCUT2D eigenvalue weighted by Crippen LogP contribution is 2.34. The maximum Gasteiger partial charge on any atom is 0.273 e. The van der Waals surface area contributed by atoms with Gasteiger partial charge in [0.15, 0.2) is 0 Å². The third-order valence-electron chi connectivity index (χ3n) is 6.47. The Hall–Kier alpha value is -4.99. The van der Waals surface area contributed by atoms with E-state index in [1.165, 1.54) is 17.0 Å². The van der Waals surface area contributed by atoms with E-state index < -0.39 is 16.7 Å². The zero-order valence-corrected chi connectivity index (χ0v) is 22.9. The molecule has 206 valence electrons. The van der Waals surface area contributed by atoms with Crippen LogP contribution in [-0.2, 0) is 4.79 Å². The molecule has 0 unspecified atom stereocenters. The molecule has 0 atom stereocenters. The molecule has 0 aliphatic carbocycles. The predicted molar refractivity (Wildman–Crippen MR) is 153 cm³/mol. The van der Waals surface area contributed by atoms with Crippen molar-refractivity contribution >= 4 is 23.3 Å². The van der Waals surface area contributed by atoms with Gasteiger partial charge in [0.05, 0.1) is 23.4 Å². The minimum atomic E-state index is -0.517. The van der Waals surface area contributed by atoms with Gasteiger partial charge in [0, 0.05) is 29.3 Å². The number of nitro groups is 1. The summed E-state index contributed by atoms with van der Waals surface area (Å²) in [5, 5.41) is 19.1. The lowest BCUT2D eigenvalue weighted by Gasteiger charge is -2.22. The Kier molecular flexibility index (Phi) is 8.58. The highest BCUT2D eigenvalue weighted by atomic mass is 16.6. The number of nitrogens with zero attached hydrogens (tertiary/aromatic N) is 4. The predicted octanol–water partition coefficient (Wildman–Crippen LogP) is 5.56. The Morgan fingerprint density at radius 2 is 1.75 bits per heavy atom. The number of rotatable bonds is 10. The topological polar surface area (TPSA) is 120 Å². The van der Waals surface area contributed by atoms with Crippen LogP contribution in [0.15, 0.2) is 72.8 Å². The summed E-state index contributed by atoms with van der Waals surface area (Å²) in [6.07, 6.45) is 0.602. The number of carbonyl (C=O) groups excluding carboxylic acids is 2. The van der Waals surface area contributed by atoms with Crippen LogP contribution in [-0.4, -0.2) is 51.6 Å². The van der Waals surface area contributed by atoms with Crippen molar-refractivity contribution in [3.05, 3.63) is 99.7 Å². The first-order valence-electron chi connectivity index (χ1n) is 12.9. The van der Waals surface area contributed by atoms with Gasteiger partial charge in [-0.25, -0.2) is 4.68 Å². The van der Waals surface area contributed by atoms with E-state index in [-0.39, 0.29) is 17.8 Å². The lowest BCUT2D eigenvalue weighted by atomic mass is 10.1. The van der Waals surface area contributed by atoms with Gasteiger partial charge in [-0.3, -0.25) is 19.7 Å². The van der Waals surface area contributed by atoms with Crippen LogP contribution in [0.5, 0.6) is 5.75 Å². The number of aromatic nitrogens is 2. The Labute approximate surface area is 232 Å². The number of methoxy groups -OCH3 is 1. The number of hydrogen-bond donors (Lipinski definition) is 1. The van der Waals surface area contributed by atoms with Crippen molar-refractivity contribution in [1.82, 2.24) is 14.7 Å². The van der Waals surface area contributed by atoms with Gasteiger partial charge >= 0.3 is 0 Å². The van der Waals surface area contributed by atoms with Gasteiger partial charge in [0.1, 0.15) is 18.1 Å². The third kappa shape index (κ3) is 6.01. The largest absolute Gasteiger partial charge is 0.497 e. The molecule has 1 heterocycles. The molecule has 10 heteroatoms. The maximum absolute atomic E-state index is 13.5. The molecule has 0 aliphatic rings. The molecule has 0 saturated carbocycles. The number of nitro benzene ring substituents is 1. The molecule has 1 N–H and O–H groups in total. The summed E-state index contributed by atoms with van der Waals surface area (Å²) in [5.41, 5.74) is 3.54. The van der Waals surface area contributed by atoms with Crippen molar-refractivity contribution in [2.24, 2.45) is 0 Å². The lowest BCUT2D eigenvalue weighted by molar-refractivity contribution is -0.385. The van der Waals surface area contributed by atoms with Gasteiger partial charge in [0.2, 0.25) is 5.91 Å². The van der Waals surface area contributed by atoms with Gasteiger partial charge in [0.25, 0.3) is 11.6 Å². The van der Waals surface area contributed by atoms with Crippen molar-refractivity contribution < 1.29 is 19.2 Å². The lowest BCUT2D eigenvalue weighted by Crippen LogP contribution is -2.38.